The van der Waals surface area contributed by atoms with Crippen molar-refractivity contribution in [3.05, 3.63) is 23.8 Å². The zero-order valence-electron chi connectivity index (χ0n) is 13.1. The van der Waals surface area contributed by atoms with Crippen LogP contribution in [0.15, 0.2) is 18.2 Å². The summed E-state index contributed by atoms with van der Waals surface area (Å²) in [5.74, 6) is -0.257. The van der Waals surface area contributed by atoms with Crippen LogP contribution in [0.25, 0.3) is 0 Å². The van der Waals surface area contributed by atoms with Gasteiger partial charge in [0.05, 0.1) is 0 Å². The summed E-state index contributed by atoms with van der Waals surface area (Å²) in [6.45, 7) is 5.72. The molecule has 4 amide bonds. The Balaban J connectivity index is 2.46. The Kier molecular flexibility index (Phi) is 6.88. The molecule has 0 heterocycles. The molecular weight excluding hydrogens is 284 g/mol. The third-order valence-electron chi connectivity index (χ3n) is 2.82. The fourth-order valence-corrected chi connectivity index (χ4v) is 1.76. The van der Waals surface area contributed by atoms with E-state index < -0.39 is 0 Å². The molecular formula is C15H22N4O3. The van der Waals surface area contributed by atoms with E-state index >= 15 is 0 Å². The Morgan fingerprint density at radius 1 is 0.955 bits per heavy atom. The van der Waals surface area contributed by atoms with Gasteiger partial charge in [-0.3, -0.25) is 9.59 Å². The molecule has 1 rings (SSSR count). The van der Waals surface area contributed by atoms with Gasteiger partial charge in [-0.25, -0.2) is 4.79 Å². The lowest BCUT2D eigenvalue weighted by molar-refractivity contribution is -0.119. The van der Waals surface area contributed by atoms with Crippen LogP contribution in [-0.4, -0.2) is 30.9 Å². The number of benzene rings is 1. The first kappa shape index (κ1) is 17.5. The number of carbonyl (C=O) groups is 3. The van der Waals surface area contributed by atoms with Crippen molar-refractivity contribution in [2.45, 2.75) is 27.2 Å². The highest BCUT2D eigenvalue weighted by Crippen LogP contribution is 2.20. The summed E-state index contributed by atoms with van der Waals surface area (Å²) in [6.07, 6.45) is 0.651. The van der Waals surface area contributed by atoms with Gasteiger partial charge in [0.15, 0.2) is 0 Å². The van der Waals surface area contributed by atoms with Gasteiger partial charge >= 0.3 is 6.03 Å². The largest absolute Gasteiger partial charge is 0.356 e. The Morgan fingerprint density at radius 2 is 1.64 bits per heavy atom. The molecule has 0 aliphatic rings. The lowest BCUT2D eigenvalue weighted by atomic mass is 10.2. The number of amides is 4. The zero-order valence-corrected chi connectivity index (χ0v) is 13.1. The molecule has 0 aromatic heterocycles. The van der Waals surface area contributed by atoms with Gasteiger partial charge in [-0.2, -0.15) is 0 Å². The average molecular weight is 306 g/mol. The van der Waals surface area contributed by atoms with Gasteiger partial charge < -0.3 is 21.3 Å². The van der Waals surface area contributed by atoms with Crippen LogP contribution in [0.2, 0.25) is 0 Å². The van der Waals surface area contributed by atoms with E-state index in [2.05, 4.69) is 21.3 Å². The quantitative estimate of drug-likeness (QED) is 0.601. The van der Waals surface area contributed by atoms with Crippen LogP contribution in [0, 0.1) is 6.92 Å². The van der Waals surface area contributed by atoms with Crippen LogP contribution in [0.3, 0.4) is 0 Å². The van der Waals surface area contributed by atoms with E-state index in [0.717, 1.165) is 5.56 Å². The minimum Gasteiger partial charge on any atom is -0.356 e. The second-order valence-corrected chi connectivity index (χ2v) is 4.93. The molecule has 0 atom stereocenters. The first-order chi connectivity index (χ1) is 10.4. The van der Waals surface area contributed by atoms with Crippen molar-refractivity contribution in [1.82, 2.24) is 10.6 Å². The molecule has 1 aromatic rings. The van der Waals surface area contributed by atoms with Crippen molar-refractivity contribution in [3.63, 3.8) is 0 Å². The number of hydrogen-bond acceptors (Lipinski definition) is 3. The molecule has 0 fully saturated rings. The first-order valence-corrected chi connectivity index (χ1v) is 7.06. The standard InChI is InChI=1S/C15H22N4O3/c1-10-5-6-13(18-12(3)21)9-14(10)19-15(22)17-8-4-7-16-11(2)20/h5-6,9H,4,7-8H2,1-3H3,(H,16,20)(H,18,21)(H2,17,19,22). The smallest absolute Gasteiger partial charge is 0.319 e. The average Bonchev–Trinajstić information content (AvgIpc) is 2.41. The van der Waals surface area contributed by atoms with E-state index in [-0.39, 0.29) is 17.8 Å². The summed E-state index contributed by atoms with van der Waals surface area (Å²) in [5.41, 5.74) is 2.15. The molecule has 0 bridgehead atoms. The molecule has 7 nitrogen and oxygen atoms in total. The molecule has 7 heteroatoms. The van der Waals surface area contributed by atoms with Crippen LogP contribution in [-0.2, 0) is 9.59 Å². The predicted molar refractivity (Wildman–Crippen MR) is 85.8 cm³/mol. The van der Waals surface area contributed by atoms with E-state index in [9.17, 15) is 14.4 Å². The lowest BCUT2D eigenvalue weighted by Crippen LogP contribution is -2.32. The number of hydrogen-bond donors (Lipinski definition) is 4. The first-order valence-electron chi connectivity index (χ1n) is 7.06. The van der Waals surface area contributed by atoms with Crippen molar-refractivity contribution < 1.29 is 14.4 Å². The van der Waals surface area contributed by atoms with Gasteiger partial charge in [-0.05, 0) is 31.0 Å². The second kappa shape index (κ2) is 8.66. The van der Waals surface area contributed by atoms with Crippen molar-refractivity contribution in [1.29, 1.82) is 0 Å². The Labute approximate surface area is 129 Å². The monoisotopic (exact) mass is 306 g/mol. The van der Waals surface area contributed by atoms with Crippen LogP contribution in [0.4, 0.5) is 16.2 Å². The highest BCUT2D eigenvalue weighted by Gasteiger charge is 2.06. The van der Waals surface area contributed by atoms with Crippen molar-refractivity contribution in [2.24, 2.45) is 0 Å². The molecule has 0 aliphatic heterocycles. The Bertz CT molecular complexity index is 558. The summed E-state index contributed by atoms with van der Waals surface area (Å²) in [4.78, 5) is 33.5. The fraction of sp³-hybridized carbons (Fsp3) is 0.400. The number of anilines is 2. The minimum absolute atomic E-state index is 0.0881. The van der Waals surface area contributed by atoms with Crippen LogP contribution in [0.1, 0.15) is 25.8 Å². The number of carbonyl (C=O) groups excluding carboxylic acids is 3. The topological polar surface area (TPSA) is 99.3 Å². The van der Waals surface area contributed by atoms with E-state index in [1.807, 2.05) is 13.0 Å². The molecule has 0 saturated heterocycles. The molecule has 0 aliphatic carbocycles. The Morgan fingerprint density at radius 3 is 2.27 bits per heavy atom. The molecule has 22 heavy (non-hydrogen) atoms. The third-order valence-corrected chi connectivity index (χ3v) is 2.82. The third kappa shape index (κ3) is 6.74. The molecule has 1 aromatic carbocycles. The van der Waals surface area contributed by atoms with E-state index in [0.29, 0.717) is 30.9 Å². The van der Waals surface area contributed by atoms with Crippen LogP contribution in [0.5, 0.6) is 0 Å². The maximum absolute atomic E-state index is 11.8. The summed E-state index contributed by atoms with van der Waals surface area (Å²) < 4.78 is 0. The van der Waals surface area contributed by atoms with Gasteiger partial charge in [0.2, 0.25) is 11.8 Å². The zero-order chi connectivity index (χ0) is 16.5. The van der Waals surface area contributed by atoms with Gasteiger partial charge in [-0.15, -0.1) is 0 Å². The van der Waals surface area contributed by atoms with Crippen LogP contribution >= 0.6 is 0 Å². The van der Waals surface area contributed by atoms with Crippen LogP contribution < -0.4 is 21.3 Å². The highest BCUT2D eigenvalue weighted by molar-refractivity contribution is 5.93. The fourth-order valence-electron chi connectivity index (χ4n) is 1.76. The Hall–Kier alpha value is -2.57. The lowest BCUT2D eigenvalue weighted by Gasteiger charge is -2.12. The number of aryl methyl sites for hydroxylation is 1. The van der Waals surface area contributed by atoms with E-state index in [1.165, 1.54) is 13.8 Å². The molecule has 0 saturated carbocycles. The van der Waals surface area contributed by atoms with Gasteiger partial charge in [0.1, 0.15) is 0 Å². The number of urea groups is 1. The summed E-state index contributed by atoms with van der Waals surface area (Å²) in [5, 5.41) is 10.8. The van der Waals surface area contributed by atoms with Gasteiger partial charge in [0.25, 0.3) is 0 Å². The van der Waals surface area contributed by atoms with Crippen molar-refractivity contribution in [2.75, 3.05) is 23.7 Å². The maximum Gasteiger partial charge on any atom is 0.319 e. The summed E-state index contributed by atoms with van der Waals surface area (Å²) in [6, 6.07) is 4.96. The van der Waals surface area contributed by atoms with E-state index in [1.54, 1.807) is 12.1 Å². The SMILES string of the molecule is CC(=O)NCCCNC(=O)Nc1cc(NC(C)=O)ccc1C. The van der Waals surface area contributed by atoms with Crippen molar-refractivity contribution >= 4 is 29.2 Å². The predicted octanol–water partition coefficient (Wildman–Crippen LogP) is 1.60. The molecule has 0 radical (unpaired) electrons. The second-order valence-electron chi connectivity index (χ2n) is 4.93. The molecule has 4 N–H and O–H groups in total. The highest BCUT2D eigenvalue weighted by atomic mass is 16.2. The van der Waals surface area contributed by atoms with Gasteiger partial charge in [0, 0.05) is 38.3 Å². The van der Waals surface area contributed by atoms with Gasteiger partial charge in [-0.1, -0.05) is 6.07 Å². The summed E-state index contributed by atoms with van der Waals surface area (Å²) >= 11 is 0. The molecule has 0 unspecified atom stereocenters. The molecule has 120 valence electrons. The maximum atomic E-state index is 11.8. The van der Waals surface area contributed by atoms with Crippen molar-refractivity contribution in [3.8, 4) is 0 Å². The molecule has 0 spiro atoms. The normalized spacial score (nSPS) is 9.77. The number of rotatable bonds is 6. The minimum atomic E-state index is -0.328. The summed E-state index contributed by atoms with van der Waals surface area (Å²) in [7, 11) is 0. The van der Waals surface area contributed by atoms with E-state index in [4.69, 9.17) is 0 Å². The number of nitrogens with one attached hydrogen (secondary N) is 4.